The predicted octanol–water partition coefficient (Wildman–Crippen LogP) is 3.35. The summed E-state index contributed by atoms with van der Waals surface area (Å²) in [5, 5.41) is 9.59. The third-order valence-corrected chi connectivity index (χ3v) is 2.46. The Kier molecular flexibility index (Phi) is 2.95. The lowest BCUT2D eigenvalue weighted by Crippen LogP contribution is -1.95. The van der Waals surface area contributed by atoms with Gasteiger partial charge in [-0.15, -0.1) is 0 Å². The van der Waals surface area contributed by atoms with Gasteiger partial charge in [0.25, 0.3) is 0 Å². The van der Waals surface area contributed by atoms with Crippen molar-refractivity contribution < 1.29 is 18.6 Å². The summed E-state index contributed by atoms with van der Waals surface area (Å²) in [5.41, 5.74) is 0.243. The number of ether oxygens (including phenoxy) is 1. The predicted molar refractivity (Wildman–Crippen MR) is 60.0 cm³/mol. The average Bonchev–Trinajstić information content (AvgIpc) is 2.34. The van der Waals surface area contributed by atoms with Crippen LogP contribution in [0.1, 0.15) is 0 Å². The Labute approximate surface area is 97.1 Å². The van der Waals surface area contributed by atoms with Crippen molar-refractivity contribution in [1.29, 1.82) is 0 Å². The van der Waals surface area contributed by atoms with E-state index in [1.54, 1.807) is 12.1 Å². The minimum atomic E-state index is -1.06. The van der Waals surface area contributed by atoms with Crippen LogP contribution in [0, 0.1) is 11.6 Å². The average molecular weight is 236 g/mol. The van der Waals surface area contributed by atoms with Crippen LogP contribution in [-0.4, -0.2) is 12.2 Å². The highest BCUT2D eigenvalue weighted by molar-refractivity contribution is 5.71. The van der Waals surface area contributed by atoms with Gasteiger partial charge in [-0.2, -0.15) is 4.39 Å². The maximum atomic E-state index is 13.7. The number of halogens is 2. The lowest BCUT2D eigenvalue weighted by molar-refractivity contribution is 0.372. The molecule has 0 aliphatic carbocycles. The minimum Gasteiger partial charge on any atom is -0.507 e. The van der Waals surface area contributed by atoms with Crippen LogP contribution >= 0.6 is 0 Å². The molecule has 0 aliphatic heterocycles. The van der Waals surface area contributed by atoms with E-state index in [0.29, 0.717) is 0 Å². The number of benzene rings is 2. The monoisotopic (exact) mass is 236 g/mol. The molecule has 0 aliphatic rings. The zero-order valence-corrected chi connectivity index (χ0v) is 9.08. The standard InChI is InChI=1S/C13H10F2O2/c1-17-11-7-6-9(12(14)13(11)15)8-4-2-3-5-10(8)16/h2-7,16H,1H3. The van der Waals surface area contributed by atoms with Crippen LogP contribution in [0.5, 0.6) is 11.5 Å². The number of phenols is 1. The molecule has 4 heteroatoms. The van der Waals surface area contributed by atoms with Crippen LogP contribution in [0.2, 0.25) is 0 Å². The van der Waals surface area contributed by atoms with E-state index in [0.717, 1.165) is 0 Å². The summed E-state index contributed by atoms with van der Waals surface area (Å²) in [4.78, 5) is 0. The van der Waals surface area contributed by atoms with Gasteiger partial charge in [-0.1, -0.05) is 18.2 Å². The highest BCUT2D eigenvalue weighted by Crippen LogP contribution is 2.34. The summed E-state index contributed by atoms with van der Waals surface area (Å²) in [6.45, 7) is 0. The van der Waals surface area contributed by atoms with Crippen molar-refractivity contribution in [2.24, 2.45) is 0 Å². The molecule has 2 rings (SSSR count). The van der Waals surface area contributed by atoms with Gasteiger partial charge in [-0.05, 0) is 18.2 Å². The Bertz CT molecular complexity index is 553. The topological polar surface area (TPSA) is 29.5 Å². The Balaban J connectivity index is 2.62. The summed E-state index contributed by atoms with van der Waals surface area (Å²) in [6, 6.07) is 8.86. The molecule has 0 fully saturated rings. The fourth-order valence-corrected chi connectivity index (χ4v) is 1.60. The second-order valence-electron chi connectivity index (χ2n) is 3.46. The highest BCUT2D eigenvalue weighted by atomic mass is 19.2. The van der Waals surface area contributed by atoms with E-state index in [1.807, 2.05) is 0 Å². The second-order valence-corrected chi connectivity index (χ2v) is 3.46. The maximum Gasteiger partial charge on any atom is 0.201 e. The third-order valence-electron chi connectivity index (χ3n) is 2.46. The molecule has 0 spiro atoms. The number of rotatable bonds is 2. The quantitative estimate of drug-likeness (QED) is 0.866. The number of aromatic hydroxyl groups is 1. The van der Waals surface area contributed by atoms with Gasteiger partial charge in [-0.3, -0.25) is 0 Å². The zero-order chi connectivity index (χ0) is 12.4. The van der Waals surface area contributed by atoms with Crippen molar-refractivity contribution in [3.8, 4) is 22.6 Å². The Morgan fingerprint density at radius 3 is 2.29 bits per heavy atom. The molecule has 0 bridgehead atoms. The molecule has 0 radical (unpaired) electrons. The van der Waals surface area contributed by atoms with Crippen molar-refractivity contribution >= 4 is 0 Å². The van der Waals surface area contributed by atoms with Crippen LogP contribution in [0.25, 0.3) is 11.1 Å². The Morgan fingerprint density at radius 2 is 1.65 bits per heavy atom. The third kappa shape index (κ3) is 1.93. The van der Waals surface area contributed by atoms with Crippen molar-refractivity contribution in [1.82, 2.24) is 0 Å². The SMILES string of the molecule is COc1ccc(-c2ccccc2O)c(F)c1F. The van der Waals surface area contributed by atoms with Crippen LogP contribution < -0.4 is 4.74 Å². The number of methoxy groups -OCH3 is 1. The highest BCUT2D eigenvalue weighted by Gasteiger charge is 2.16. The molecule has 0 saturated heterocycles. The van der Waals surface area contributed by atoms with Gasteiger partial charge < -0.3 is 9.84 Å². The molecule has 2 nitrogen and oxygen atoms in total. The lowest BCUT2D eigenvalue weighted by Gasteiger charge is -2.08. The van der Waals surface area contributed by atoms with Crippen LogP contribution in [0.3, 0.4) is 0 Å². The Hall–Kier alpha value is -2.10. The molecule has 0 atom stereocenters. The molecule has 0 amide bonds. The van der Waals surface area contributed by atoms with Gasteiger partial charge in [0.05, 0.1) is 7.11 Å². The van der Waals surface area contributed by atoms with E-state index in [-0.39, 0.29) is 22.6 Å². The number of phenolic OH excluding ortho intramolecular Hbond substituents is 1. The molecule has 2 aromatic rings. The molecule has 0 saturated carbocycles. The van der Waals surface area contributed by atoms with Crippen molar-refractivity contribution in [2.75, 3.05) is 7.11 Å². The molecule has 0 heterocycles. The van der Waals surface area contributed by atoms with Gasteiger partial charge in [0.1, 0.15) is 5.75 Å². The summed E-state index contributed by atoms with van der Waals surface area (Å²) in [6.07, 6.45) is 0. The van der Waals surface area contributed by atoms with Gasteiger partial charge in [-0.25, -0.2) is 4.39 Å². The largest absolute Gasteiger partial charge is 0.507 e. The molecule has 0 unspecified atom stereocenters. The van der Waals surface area contributed by atoms with E-state index in [9.17, 15) is 13.9 Å². The maximum absolute atomic E-state index is 13.7. The minimum absolute atomic E-state index is 0.00130. The van der Waals surface area contributed by atoms with Gasteiger partial charge in [0.15, 0.2) is 11.6 Å². The fourth-order valence-electron chi connectivity index (χ4n) is 1.60. The molecule has 1 N–H and O–H groups in total. The lowest BCUT2D eigenvalue weighted by atomic mass is 10.0. The molecular formula is C13H10F2O2. The van der Waals surface area contributed by atoms with Gasteiger partial charge in [0, 0.05) is 11.1 Å². The summed E-state index contributed by atoms with van der Waals surface area (Å²) in [7, 11) is 1.26. The van der Waals surface area contributed by atoms with Crippen LogP contribution in [0.15, 0.2) is 36.4 Å². The van der Waals surface area contributed by atoms with Crippen molar-refractivity contribution in [3.05, 3.63) is 48.0 Å². The second kappa shape index (κ2) is 4.41. The van der Waals surface area contributed by atoms with Gasteiger partial charge in [0.2, 0.25) is 5.82 Å². The normalized spacial score (nSPS) is 10.3. The smallest absolute Gasteiger partial charge is 0.201 e. The molecule has 88 valence electrons. The van der Waals surface area contributed by atoms with Crippen molar-refractivity contribution in [2.45, 2.75) is 0 Å². The first kappa shape index (κ1) is 11.4. The molecule has 17 heavy (non-hydrogen) atoms. The van der Waals surface area contributed by atoms with E-state index < -0.39 is 11.6 Å². The molecular weight excluding hydrogens is 226 g/mol. The first-order chi connectivity index (χ1) is 8.15. The van der Waals surface area contributed by atoms with Crippen LogP contribution in [-0.2, 0) is 0 Å². The summed E-state index contributed by atoms with van der Waals surface area (Å²) < 4.78 is 31.9. The van der Waals surface area contributed by atoms with E-state index in [2.05, 4.69) is 4.74 Å². The number of para-hydroxylation sites is 1. The van der Waals surface area contributed by atoms with Crippen molar-refractivity contribution in [3.63, 3.8) is 0 Å². The van der Waals surface area contributed by atoms with E-state index >= 15 is 0 Å². The molecule has 2 aromatic carbocycles. The van der Waals surface area contributed by atoms with E-state index in [4.69, 9.17) is 0 Å². The summed E-state index contributed by atoms with van der Waals surface area (Å²) >= 11 is 0. The first-order valence-electron chi connectivity index (χ1n) is 4.95. The van der Waals surface area contributed by atoms with E-state index in [1.165, 1.54) is 31.4 Å². The zero-order valence-electron chi connectivity index (χ0n) is 9.08. The first-order valence-corrected chi connectivity index (χ1v) is 4.95. The molecule has 0 aromatic heterocycles. The Morgan fingerprint density at radius 1 is 0.941 bits per heavy atom. The van der Waals surface area contributed by atoms with Crippen LogP contribution in [0.4, 0.5) is 8.78 Å². The fraction of sp³-hybridized carbons (Fsp3) is 0.0769. The van der Waals surface area contributed by atoms with Gasteiger partial charge >= 0.3 is 0 Å². The number of hydrogen-bond acceptors (Lipinski definition) is 2. The summed E-state index contributed by atoms with van der Waals surface area (Å²) in [5.74, 6) is -2.36. The number of hydrogen-bond donors (Lipinski definition) is 1.